The fourth-order valence-corrected chi connectivity index (χ4v) is 4.93. The molecule has 5 rings (SSSR count). The van der Waals surface area contributed by atoms with Crippen LogP contribution in [0.3, 0.4) is 0 Å². The van der Waals surface area contributed by atoms with Crippen LogP contribution in [0.2, 0.25) is 0 Å². The van der Waals surface area contributed by atoms with Crippen molar-refractivity contribution in [1.29, 1.82) is 0 Å². The molecule has 2 aromatic rings. The van der Waals surface area contributed by atoms with Crippen LogP contribution in [0.15, 0.2) is 22.8 Å². The maximum Gasteiger partial charge on any atom is 0.227 e. The SMILES string of the molecule is Cl.O=C(Cc1coc2cc3c(cc12)CCC3)N1C2CCNCC1CC2. The van der Waals surface area contributed by atoms with Crippen LogP contribution >= 0.6 is 12.4 Å². The lowest BCUT2D eigenvalue weighted by atomic mass is 10.0. The van der Waals surface area contributed by atoms with Crippen molar-refractivity contribution < 1.29 is 9.21 Å². The first kappa shape index (κ1) is 16.9. The summed E-state index contributed by atoms with van der Waals surface area (Å²) < 4.78 is 5.77. The molecule has 2 atom stereocenters. The van der Waals surface area contributed by atoms with Crippen LogP contribution in [0.5, 0.6) is 0 Å². The summed E-state index contributed by atoms with van der Waals surface area (Å²) in [6.45, 7) is 1.98. The van der Waals surface area contributed by atoms with Crippen molar-refractivity contribution in [2.45, 2.75) is 57.0 Å². The Labute approximate surface area is 154 Å². The lowest BCUT2D eigenvalue weighted by Crippen LogP contribution is -2.43. The van der Waals surface area contributed by atoms with E-state index in [1.807, 2.05) is 0 Å². The highest BCUT2D eigenvalue weighted by molar-refractivity contribution is 5.89. The summed E-state index contributed by atoms with van der Waals surface area (Å²) in [6, 6.07) is 5.26. The molecule has 2 fully saturated rings. The quantitative estimate of drug-likeness (QED) is 0.894. The van der Waals surface area contributed by atoms with Crippen LogP contribution < -0.4 is 5.32 Å². The van der Waals surface area contributed by atoms with E-state index in [9.17, 15) is 4.79 Å². The number of rotatable bonds is 2. The second kappa shape index (κ2) is 6.65. The molecule has 0 saturated carbocycles. The number of hydrogen-bond donors (Lipinski definition) is 1. The van der Waals surface area contributed by atoms with Gasteiger partial charge in [-0.3, -0.25) is 4.79 Å². The Kier molecular flexibility index (Phi) is 4.50. The number of fused-ring (bicyclic) bond motifs is 4. The van der Waals surface area contributed by atoms with Crippen molar-refractivity contribution in [3.63, 3.8) is 0 Å². The maximum absolute atomic E-state index is 13.0. The Morgan fingerprint density at radius 2 is 1.96 bits per heavy atom. The number of amides is 1. The van der Waals surface area contributed by atoms with Gasteiger partial charge >= 0.3 is 0 Å². The highest BCUT2D eigenvalue weighted by Gasteiger charge is 2.37. The summed E-state index contributed by atoms with van der Waals surface area (Å²) in [7, 11) is 0. The zero-order chi connectivity index (χ0) is 16.1. The molecule has 134 valence electrons. The van der Waals surface area contributed by atoms with Crippen molar-refractivity contribution in [3.05, 3.63) is 35.1 Å². The average molecular weight is 361 g/mol. The Morgan fingerprint density at radius 3 is 2.84 bits per heavy atom. The van der Waals surface area contributed by atoms with Crippen LogP contribution in [-0.4, -0.2) is 36.0 Å². The van der Waals surface area contributed by atoms with Gasteiger partial charge in [-0.2, -0.15) is 0 Å². The van der Waals surface area contributed by atoms with Gasteiger partial charge in [0.15, 0.2) is 0 Å². The summed E-state index contributed by atoms with van der Waals surface area (Å²) >= 11 is 0. The van der Waals surface area contributed by atoms with Crippen molar-refractivity contribution in [3.8, 4) is 0 Å². The van der Waals surface area contributed by atoms with Crippen molar-refractivity contribution in [2.75, 3.05) is 13.1 Å². The molecule has 3 aliphatic rings. The van der Waals surface area contributed by atoms with Crippen molar-refractivity contribution in [2.24, 2.45) is 0 Å². The molecule has 25 heavy (non-hydrogen) atoms. The fraction of sp³-hybridized carbons (Fsp3) is 0.550. The molecular weight excluding hydrogens is 336 g/mol. The molecule has 1 N–H and O–H groups in total. The molecule has 1 aromatic carbocycles. The fourth-order valence-electron chi connectivity index (χ4n) is 4.93. The lowest BCUT2D eigenvalue weighted by Gasteiger charge is -2.27. The van der Waals surface area contributed by atoms with E-state index in [0.717, 1.165) is 61.7 Å². The van der Waals surface area contributed by atoms with Gasteiger partial charge in [0.25, 0.3) is 0 Å². The number of aryl methyl sites for hydroxylation is 2. The van der Waals surface area contributed by atoms with Gasteiger partial charge in [0.05, 0.1) is 12.7 Å². The number of benzene rings is 1. The van der Waals surface area contributed by atoms with Gasteiger partial charge in [0.2, 0.25) is 5.91 Å². The number of nitrogens with zero attached hydrogens (tertiary/aromatic N) is 1. The van der Waals surface area contributed by atoms with Crippen LogP contribution in [0.4, 0.5) is 0 Å². The van der Waals surface area contributed by atoms with Crippen LogP contribution in [0, 0.1) is 0 Å². The number of carbonyl (C=O) groups excluding carboxylic acids is 1. The average Bonchev–Trinajstić information content (AvgIpc) is 3.22. The number of hydrogen-bond acceptors (Lipinski definition) is 3. The van der Waals surface area contributed by atoms with Gasteiger partial charge in [-0.15, -0.1) is 12.4 Å². The molecule has 0 radical (unpaired) electrons. The lowest BCUT2D eigenvalue weighted by molar-refractivity contribution is -0.133. The molecule has 2 unspecified atom stereocenters. The number of carbonyl (C=O) groups is 1. The van der Waals surface area contributed by atoms with E-state index < -0.39 is 0 Å². The van der Waals surface area contributed by atoms with Gasteiger partial charge in [-0.05, 0) is 68.3 Å². The Balaban J connectivity index is 0.00000157. The third-order valence-corrected chi connectivity index (χ3v) is 6.15. The highest BCUT2D eigenvalue weighted by Crippen LogP contribution is 2.32. The Bertz CT molecular complexity index is 786. The van der Waals surface area contributed by atoms with Crippen molar-refractivity contribution >= 4 is 29.3 Å². The summed E-state index contributed by atoms with van der Waals surface area (Å²) in [5.41, 5.74) is 4.86. The Morgan fingerprint density at radius 1 is 1.16 bits per heavy atom. The maximum atomic E-state index is 13.0. The standard InChI is InChI=1S/C20H24N2O2.ClH/c23-20(22-16-4-5-17(22)11-21-7-6-16)10-15-12-24-19-9-14-3-1-2-13(14)8-18(15)19;/h8-9,12,16-17,21H,1-7,10-11H2;1H. The minimum atomic E-state index is 0. The first-order valence-electron chi connectivity index (χ1n) is 9.33. The minimum Gasteiger partial charge on any atom is -0.464 e. The van der Waals surface area contributed by atoms with E-state index in [1.54, 1.807) is 6.26 Å². The molecule has 3 heterocycles. The molecule has 1 amide bonds. The first-order chi connectivity index (χ1) is 11.8. The van der Waals surface area contributed by atoms with Crippen molar-refractivity contribution in [1.82, 2.24) is 10.2 Å². The van der Waals surface area contributed by atoms with E-state index in [4.69, 9.17) is 4.42 Å². The molecular formula is C20H25ClN2O2. The largest absolute Gasteiger partial charge is 0.464 e. The second-order valence-electron chi connectivity index (χ2n) is 7.59. The van der Waals surface area contributed by atoms with E-state index >= 15 is 0 Å². The zero-order valence-electron chi connectivity index (χ0n) is 14.4. The predicted octanol–water partition coefficient (Wildman–Crippen LogP) is 3.24. The number of furan rings is 1. The third-order valence-electron chi connectivity index (χ3n) is 6.15. The number of halogens is 1. The van der Waals surface area contributed by atoms with Crippen LogP contribution in [0.1, 0.15) is 42.4 Å². The predicted molar refractivity (Wildman–Crippen MR) is 100 cm³/mol. The van der Waals surface area contributed by atoms with Gasteiger partial charge in [-0.25, -0.2) is 0 Å². The summed E-state index contributed by atoms with van der Waals surface area (Å²) in [5, 5.41) is 4.61. The smallest absolute Gasteiger partial charge is 0.227 e. The number of nitrogens with one attached hydrogen (secondary N) is 1. The topological polar surface area (TPSA) is 45.5 Å². The monoisotopic (exact) mass is 360 g/mol. The van der Waals surface area contributed by atoms with Gasteiger partial charge in [0, 0.05) is 29.6 Å². The summed E-state index contributed by atoms with van der Waals surface area (Å²) in [5.74, 6) is 0.273. The Hall–Kier alpha value is -1.52. The molecule has 5 heteroatoms. The summed E-state index contributed by atoms with van der Waals surface area (Å²) in [6.07, 6.45) is 9.22. The van der Waals surface area contributed by atoms with E-state index in [2.05, 4.69) is 22.3 Å². The van der Waals surface area contributed by atoms with E-state index in [0.29, 0.717) is 18.5 Å². The van der Waals surface area contributed by atoms with Gasteiger partial charge in [0.1, 0.15) is 5.58 Å². The molecule has 2 saturated heterocycles. The summed E-state index contributed by atoms with van der Waals surface area (Å²) in [4.78, 5) is 15.2. The normalized spacial score (nSPS) is 24.9. The minimum absolute atomic E-state index is 0. The molecule has 2 bridgehead atoms. The third kappa shape index (κ3) is 2.85. The van der Waals surface area contributed by atoms with Gasteiger partial charge < -0.3 is 14.6 Å². The van der Waals surface area contributed by atoms with E-state index in [1.165, 1.54) is 17.5 Å². The molecule has 0 spiro atoms. The first-order valence-corrected chi connectivity index (χ1v) is 9.33. The molecule has 1 aliphatic carbocycles. The highest BCUT2D eigenvalue weighted by atomic mass is 35.5. The van der Waals surface area contributed by atoms with Crippen LogP contribution in [-0.2, 0) is 24.1 Å². The van der Waals surface area contributed by atoms with Crippen LogP contribution in [0.25, 0.3) is 11.0 Å². The molecule has 2 aliphatic heterocycles. The molecule has 1 aromatic heterocycles. The van der Waals surface area contributed by atoms with E-state index in [-0.39, 0.29) is 18.3 Å². The zero-order valence-corrected chi connectivity index (χ0v) is 15.2. The van der Waals surface area contributed by atoms with Gasteiger partial charge in [-0.1, -0.05) is 0 Å². The molecule has 4 nitrogen and oxygen atoms in total. The second-order valence-corrected chi connectivity index (χ2v) is 7.59.